The summed E-state index contributed by atoms with van der Waals surface area (Å²) < 4.78 is 49.1. The molecule has 2 rings (SSSR count). The van der Waals surface area contributed by atoms with Crippen molar-refractivity contribution < 1.29 is 27.4 Å². The van der Waals surface area contributed by atoms with Crippen LogP contribution in [0.2, 0.25) is 0 Å². The Hall–Kier alpha value is -1.76. The molecule has 0 aromatic heterocycles. The van der Waals surface area contributed by atoms with Gasteiger partial charge in [-0.05, 0) is 37.5 Å². The molecule has 0 spiro atoms. The van der Waals surface area contributed by atoms with Gasteiger partial charge in [0.2, 0.25) is 5.91 Å². The van der Waals surface area contributed by atoms with Gasteiger partial charge in [0.15, 0.2) is 0 Å². The lowest BCUT2D eigenvalue weighted by molar-refractivity contribution is -0.168. The largest absolute Gasteiger partial charge is 0.494 e. The standard InChI is InChI=1S/C17H22F3NO3/c1-2-24-15-5-3-13(4-6-15)11-16(22)21(12-17(18,19)20)14-7-9-23-10-8-14/h3-6,14H,2,7-12H2,1H3. The molecule has 1 aromatic rings. The predicted molar refractivity (Wildman–Crippen MR) is 82.9 cm³/mol. The first-order chi connectivity index (χ1) is 11.4. The summed E-state index contributed by atoms with van der Waals surface area (Å²) in [6.45, 7) is 1.94. The highest BCUT2D eigenvalue weighted by atomic mass is 19.4. The molecule has 0 saturated carbocycles. The Labute approximate surface area is 139 Å². The van der Waals surface area contributed by atoms with Gasteiger partial charge in [-0.2, -0.15) is 13.2 Å². The second-order valence-corrected chi connectivity index (χ2v) is 5.73. The third-order valence-corrected chi connectivity index (χ3v) is 3.89. The number of ether oxygens (including phenoxy) is 2. The molecular formula is C17H22F3NO3. The first-order valence-corrected chi connectivity index (χ1v) is 8.04. The first-order valence-electron chi connectivity index (χ1n) is 8.04. The second-order valence-electron chi connectivity index (χ2n) is 5.73. The van der Waals surface area contributed by atoms with Crippen molar-refractivity contribution in [3.05, 3.63) is 29.8 Å². The molecule has 1 saturated heterocycles. The zero-order valence-corrected chi connectivity index (χ0v) is 13.6. The Morgan fingerprint density at radius 3 is 2.42 bits per heavy atom. The molecular weight excluding hydrogens is 323 g/mol. The van der Waals surface area contributed by atoms with Crippen LogP contribution in [-0.2, 0) is 16.0 Å². The summed E-state index contributed by atoms with van der Waals surface area (Å²) in [5.41, 5.74) is 0.669. The van der Waals surface area contributed by atoms with Crippen LogP contribution >= 0.6 is 0 Å². The highest BCUT2D eigenvalue weighted by Gasteiger charge is 2.36. The van der Waals surface area contributed by atoms with Crippen LogP contribution in [0.25, 0.3) is 0 Å². The van der Waals surface area contributed by atoms with E-state index in [0.717, 1.165) is 4.90 Å². The highest BCUT2D eigenvalue weighted by molar-refractivity contribution is 5.79. The summed E-state index contributed by atoms with van der Waals surface area (Å²) in [5, 5.41) is 0. The quantitative estimate of drug-likeness (QED) is 0.795. The molecule has 0 radical (unpaired) electrons. The zero-order valence-electron chi connectivity index (χ0n) is 13.6. The number of carbonyl (C=O) groups is 1. The molecule has 4 nitrogen and oxygen atoms in total. The van der Waals surface area contributed by atoms with E-state index in [1.165, 1.54) is 0 Å². The maximum atomic E-state index is 12.9. The van der Waals surface area contributed by atoms with Gasteiger partial charge in [0.05, 0.1) is 13.0 Å². The number of halogens is 3. The molecule has 134 valence electrons. The van der Waals surface area contributed by atoms with Gasteiger partial charge in [0.25, 0.3) is 0 Å². The molecule has 0 unspecified atom stereocenters. The minimum Gasteiger partial charge on any atom is -0.494 e. The average molecular weight is 345 g/mol. The molecule has 7 heteroatoms. The van der Waals surface area contributed by atoms with Gasteiger partial charge in [0, 0.05) is 19.3 Å². The van der Waals surface area contributed by atoms with E-state index in [-0.39, 0.29) is 6.42 Å². The van der Waals surface area contributed by atoms with Gasteiger partial charge >= 0.3 is 6.18 Å². The molecule has 1 heterocycles. The summed E-state index contributed by atoms with van der Waals surface area (Å²) in [7, 11) is 0. The van der Waals surface area contributed by atoms with Gasteiger partial charge in [-0.3, -0.25) is 4.79 Å². The summed E-state index contributed by atoms with van der Waals surface area (Å²) in [6.07, 6.45) is -3.59. The molecule has 0 bridgehead atoms. The molecule has 1 aliphatic heterocycles. The fourth-order valence-electron chi connectivity index (χ4n) is 2.76. The predicted octanol–water partition coefficient (Wildman–Crippen LogP) is 3.20. The van der Waals surface area contributed by atoms with Crippen molar-refractivity contribution in [2.24, 2.45) is 0 Å². The van der Waals surface area contributed by atoms with Gasteiger partial charge in [0.1, 0.15) is 12.3 Å². The summed E-state index contributed by atoms with van der Waals surface area (Å²) >= 11 is 0. The number of nitrogens with zero attached hydrogens (tertiary/aromatic N) is 1. The third kappa shape index (κ3) is 5.70. The normalized spacial score (nSPS) is 16.0. The fourth-order valence-corrected chi connectivity index (χ4v) is 2.76. The van der Waals surface area contributed by atoms with Crippen molar-refractivity contribution in [3.63, 3.8) is 0 Å². The minimum absolute atomic E-state index is 0.0557. The Bertz CT molecular complexity index is 525. The fraction of sp³-hybridized carbons (Fsp3) is 0.588. The van der Waals surface area contributed by atoms with E-state index in [0.29, 0.717) is 44.0 Å². The monoisotopic (exact) mass is 345 g/mol. The van der Waals surface area contributed by atoms with Crippen LogP contribution in [0.4, 0.5) is 13.2 Å². The lowest BCUT2D eigenvalue weighted by atomic mass is 10.0. The number of carbonyl (C=O) groups excluding carboxylic acids is 1. The average Bonchev–Trinajstić information content (AvgIpc) is 2.55. The minimum atomic E-state index is -4.41. The van der Waals surface area contributed by atoms with Gasteiger partial charge in [-0.15, -0.1) is 0 Å². The van der Waals surface area contributed by atoms with Gasteiger partial charge in [-0.1, -0.05) is 12.1 Å². The molecule has 1 aliphatic rings. The van der Waals surface area contributed by atoms with E-state index in [1.54, 1.807) is 24.3 Å². The van der Waals surface area contributed by atoms with Crippen molar-refractivity contribution in [2.75, 3.05) is 26.4 Å². The Morgan fingerprint density at radius 1 is 1.25 bits per heavy atom. The zero-order chi connectivity index (χ0) is 17.6. The first kappa shape index (κ1) is 18.6. The van der Waals surface area contributed by atoms with E-state index >= 15 is 0 Å². The lowest BCUT2D eigenvalue weighted by Gasteiger charge is -2.35. The Morgan fingerprint density at radius 2 is 1.88 bits per heavy atom. The topological polar surface area (TPSA) is 38.8 Å². The molecule has 0 aliphatic carbocycles. The van der Waals surface area contributed by atoms with Gasteiger partial charge < -0.3 is 14.4 Å². The number of benzene rings is 1. The van der Waals surface area contributed by atoms with Crippen LogP contribution in [0, 0.1) is 0 Å². The van der Waals surface area contributed by atoms with Crippen molar-refractivity contribution in [3.8, 4) is 5.75 Å². The lowest BCUT2D eigenvalue weighted by Crippen LogP contribution is -2.48. The maximum absolute atomic E-state index is 12.9. The van der Waals surface area contributed by atoms with Crippen molar-refractivity contribution in [1.82, 2.24) is 4.90 Å². The third-order valence-electron chi connectivity index (χ3n) is 3.89. The van der Waals surface area contributed by atoms with Crippen LogP contribution in [-0.4, -0.2) is 49.4 Å². The molecule has 0 atom stereocenters. The van der Waals surface area contributed by atoms with Crippen LogP contribution in [0.5, 0.6) is 5.75 Å². The summed E-state index contributed by atoms with van der Waals surface area (Å²) in [4.78, 5) is 13.4. The van der Waals surface area contributed by atoms with E-state index in [1.807, 2.05) is 6.92 Å². The summed E-state index contributed by atoms with van der Waals surface area (Å²) in [5.74, 6) is 0.161. The highest BCUT2D eigenvalue weighted by Crippen LogP contribution is 2.23. The maximum Gasteiger partial charge on any atom is 0.406 e. The Kier molecular flexibility index (Phi) is 6.48. The van der Waals surface area contributed by atoms with Crippen LogP contribution in [0.1, 0.15) is 25.3 Å². The smallest absolute Gasteiger partial charge is 0.406 e. The Balaban J connectivity index is 2.05. The van der Waals surface area contributed by atoms with E-state index in [9.17, 15) is 18.0 Å². The molecule has 1 aromatic carbocycles. The molecule has 24 heavy (non-hydrogen) atoms. The number of alkyl halides is 3. The van der Waals surface area contributed by atoms with Crippen molar-refractivity contribution >= 4 is 5.91 Å². The second kappa shape index (κ2) is 8.37. The van der Waals surface area contributed by atoms with Crippen molar-refractivity contribution in [1.29, 1.82) is 0 Å². The van der Waals surface area contributed by atoms with E-state index < -0.39 is 24.7 Å². The number of amides is 1. The van der Waals surface area contributed by atoms with E-state index in [2.05, 4.69) is 0 Å². The SMILES string of the molecule is CCOc1ccc(CC(=O)N(CC(F)(F)F)C2CCOCC2)cc1. The number of hydrogen-bond acceptors (Lipinski definition) is 3. The summed E-state index contributed by atoms with van der Waals surface area (Å²) in [6, 6.07) is 6.43. The van der Waals surface area contributed by atoms with Crippen LogP contribution < -0.4 is 4.74 Å². The number of hydrogen-bond donors (Lipinski definition) is 0. The molecule has 1 amide bonds. The molecule has 1 fully saturated rings. The van der Waals surface area contributed by atoms with E-state index in [4.69, 9.17) is 9.47 Å². The van der Waals surface area contributed by atoms with Gasteiger partial charge in [-0.25, -0.2) is 0 Å². The molecule has 0 N–H and O–H groups in total. The number of rotatable bonds is 6. The van der Waals surface area contributed by atoms with Crippen molar-refractivity contribution in [2.45, 2.75) is 38.4 Å². The van der Waals surface area contributed by atoms with Crippen LogP contribution in [0.15, 0.2) is 24.3 Å². The van der Waals surface area contributed by atoms with Crippen LogP contribution in [0.3, 0.4) is 0 Å².